The first kappa shape index (κ1) is 24.9. The fourth-order valence-electron chi connectivity index (χ4n) is 5.79. The molecule has 0 saturated carbocycles. The van der Waals surface area contributed by atoms with Crippen LogP contribution in [0.25, 0.3) is 67.7 Å². The van der Waals surface area contributed by atoms with Crippen LogP contribution in [0.15, 0.2) is 140 Å². The summed E-state index contributed by atoms with van der Waals surface area (Å²) in [6, 6.07) is 43.3. The van der Waals surface area contributed by atoms with Crippen molar-refractivity contribution in [3.8, 4) is 67.7 Å². The number of benzene rings is 4. The second kappa shape index (κ2) is 10.5. The summed E-state index contributed by atoms with van der Waals surface area (Å²) in [5.41, 5.74) is 11.9. The lowest BCUT2D eigenvalue weighted by Crippen LogP contribution is -2.00. The lowest BCUT2D eigenvalue weighted by Gasteiger charge is -2.11. The molecule has 0 bridgehead atoms. The molecular weight excluding hydrogens is 526 g/mol. The van der Waals surface area contributed by atoms with E-state index in [4.69, 9.17) is 19.9 Å². The van der Waals surface area contributed by atoms with Gasteiger partial charge in [0.1, 0.15) is 0 Å². The van der Waals surface area contributed by atoms with Crippen LogP contribution in [-0.4, -0.2) is 24.9 Å². The number of aromatic nitrogens is 5. The summed E-state index contributed by atoms with van der Waals surface area (Å²) in [5, 5.41) is 0. The first-order valence-corrected chi connectivity index (χ1v) is 14.3. The Morgan fingerprint density at radius 3 is 1.63 bits per heavy atom. The summed E-state index contributed by atoms with van der Waals surface area (Å²) in [6.45, 7) is 0. The molecule has 0 saturated heterocycles. The van der Waals surface area contributed by atoms with Gasteiger partial charge in [0.05, 0.1) is 11.4 Å². The summed E-state index contributed by atoms with van der Waals surface area (Å²) in [5.74, 6) is 1.94. The van der Waals surface area contributed by atoms with Gasteiger partial charge in [-0.15, -0.1) is 0 Å². The Balaban J connectivity index is 1.20. The first-order valence-electron chi connectivity index (χ1n) is 14.3. The number of pyridine rings is 2. The smallest absolute Gasteiger partial charge is 0.164 e. The lowest BCUT2D eigenvalue weighted by molar-refractivity contribution is 1.07. The Labute approximate surface area is 249 Å². The molecule has 4 aromatic carbocycles. The first-order chi connectivity index (χ1) is 21.3. The third kappa shape index (κ3) is 4.67. The maximum atomic E-state index is 4.92. The Hall–Kier alpha value is -5.81. The number of nitrogens with zero attached hydrogens (tertiary/aromatic N) is 5. The molecule has 3 heterocycles. The zero-order chi connectivity index (χ0) is 28.6. The van der Waals surface area contributed by atoms with Crippen LogP contribution in [0.3, 0.4) is 0 Å². The third-order valence-electron chi connectivity index (χ3n) is 7.87. The molecule has 43 heavy (non-hydrogen) atoms. The number of rotatable bonds is 5. The molecule has 8 rings (SSSR count). The SMILES string of the molecule is c1ccc(-c2nc(-c3ccccc3)nc(-c3cccc(-c4cccc(-c5nccc6c5Cc5ncccc5-6)c4)c3)n2)cc1. The normalized spacial score (nSPS) is 11.6. The maximum Gasteiger partial charge on any atom is 0.164 e. The van der Waals surface area contributed by atoms with Crippen LogP contribution in [0.5, 0.6) is 0 Å². The van der Waals surface area contributed by atoms with Crippen LogP contribution < -0.4 is 0 Å². The van der Waals surface area contributed by atoms with Crippen molar-refractivity contribution in [2.45, 2.75) is 6.42 Å². The van der Waals surface area contributed by atoms with Crippen LogP contribution in [0.2, 0.25) is 0 Å². The molecule has 3 aromatic heterocycles. The van der Waals surface area contributed by atoms with E-state index in [9.17, 15) is 0 Å². The van der Waals surface area contributed by atoms with Crippen LogP contribution in [0, 0.1) is 0 Å². The summed E-state index contributed by atoms with van der Waals surface area (Å²) in [7, 11) is 0. The van der Waals surface area contributed by atoms with Gasteiger partial charge in [0.2, 0.25) is 0 Å². The molecule has 0 unspecified atom stereocenters. The molecule has 7 aromatic rings. The van der Waals surface area contributed by atoms with Crippen molar-refractivity contribution >= 4 is 0 Å². The second-order valence-corrected chi connectivity index (χ2v) is 10.6. The van der Waals surface area contributed by atoms with Gasteiger partial charge in [-0.3, -0.25) is 9.97 Å². The fraction of sp³-hybridized carbons (Fsp3) is 0.0263. The van der Waals surface area contributed by atoms with E-state index in [0.717, 1.165) is 51.2 Å². The standard InChI is InChI=1S/C38H25N5/c1-3-10-25(11-4-1)36-41-37(26-12-5-2-6-13-26)43-38(42-36)30-17-8-15-28(23-30)27-14-7-16-29(22-27)35-33-24-34-32(18-9-20-39-34)31(33)19-21-40-35/h1-23H,24H2. The molecule has 0 amide bonds. The van der Waals surface area contributed by atoms with Gasteiger partial charge in [0, 0.05) is 46.6 Å². The lowest BCUT2D eigenvalue weighted by atomic mass is 9.97. The minimum absolute atomic E-state index is 0.638. The van der Waals surface area contributed by atoms with Crippen molar-refractivity contribution in [3.63, 3.8) is 0 Å². The number of hydrogen-bond acceptors (Lipinski definition) is 5. The number of fused-ring (bicyclic) bond motifs is 3. The van der Waals surface area contributed by atoms with E-state index in [2.05, 4.69) is 65.6 Å². The highest BCUT2D eigenvalue weighted by Crippen LogP contribution is 2.40. The van der Waals surface area contributed by atoms with Gasteiger partial charge in [-0.2, -0.15) is 0 Å². The molecule has 202 valence electrons. The molecule has 1 aliphatic carbocycles. The van der Waals surface area contributed by atoms with Crippen molar-refractivity contribution in [2.24, 2.45) is 0 Å². The molecule has 0 fully saturated rings. The minimum Gasteiger partial charge on any atom is -0.260 e. The quantitative estimate of drug-likeness (QED) is 0.214. The van der Waals surface area contributed by atoms with Crippen LogP contribution >= 0.6 is 0 Å². The summed E-state index contributed by atoms with van der Waals surface area (Å²) >= 11 is 0. The van der Waals surface area contributed by atoms with Crippen LogP contribution in [-0.2, 0) is 6.42 Å². The van der Waals surface area contributed by atoms with E-state index in [1.54, 1.807) is 0 Å². The highest BCUT2D eigenvalue weighted by Gasteiger charge is 2.23. The minimum atomic E-state index is 0.638. The zero-order valence-corrected chi connectivity index (χ0v) is 23.2. The summed E-state index contributed by atoms with van der Waals surface area (Å²) in [6.07, 6.45) is 4.56. The molecule has 5 heteroatoms. The van der Waals surface area contributed by atoms with Gasteiger partial charge in [0.25, 0.3) is 0 Å². The van der Waals surface area contributed by atoms with Gasteiger partial charge < -0.3 is 0 Å². The second-order valence-electron chi connectivity index (χ2n) is 10.6. The predicted molar refractivity (Wildman–Crippen MR) is 171 cm³/mol. The highest BCUT2D eigenvalue weighted by atomic mass is 15.0. The van der Waals surface area contributed by atoms with Gasteiger partial charge in [-0.05, 0) is 46.5 Å². The Morgan fingerprint density at radius 1 is 0.395 bits per heavy atom. The number of hydrogen-bond donors (Lipinski definition) is 0. The topological polar surface area (TPSA) is 64.5 Å². The summed E-state index contributed by atoms with van der Waals surface area (Å²) < 4.78 is 0. The molecule has 5 nitrogen and oxygen atoms in total. The van der Waals surface area contributed by atoms with E-state index >= 15 is 0 Å². The highest BCUT2D eigenvalue weighted by molar-refractivity contribution is 5.83. The Bertz CT molecular complexity index is 2050. The monoisotopic (exact) mass is 551 g/mol. The average molecular weight is 552 g/mol. The molecule has 0 spiro atoms. The van der Waals surface area contributed by atoms with Crippen molar-refractivity contribution < 1.29 is 0 Å². The van der Waals surface area contributed by atoms with E-state index in [1.807, 2.05) is 79.1 Å². The molecule has 0 atom stereocenters. The van der Waals surface area contributed by atoms with E-state index in [0.29, 0.717) is 17.5 Å². The maximum absolute atomic E-state index is 4.92. The third-order valence-corrected chi connectivity index (χ3v) is 7.87. The van der Waals surface area contributed by atoms with Crippen molar-refractivity contribution in [1.29, 1.82) is 0 Å². The van der Waals surface area contributed by atoms with E-state index in [1.165, 1.54) is 16.7 Å². The fourth-order valence-corrected chi connectivity index (χ4v) is 5.79. The average Bonchev–Trinajstić information content (AvgIpc) is 3.48. The summed E-state index contributed by atoms with van der Waals surface area (Å²) in [4.78, 5) is 24.1. The largest absolute Gasteiger partial charge is 0.260 e. The van der Waals surface area contributed by atoms with Crippen molar-refractivity contribution in [2.75, 3.05) is 0 Å². The van der Waals surface area contributed by atoms with Crippen molar-refractivity contribution in [1.82, 2.24) is 24.9 Å². The molecular formula is C38H25N5. The van der Waals surface area contributed by atoms with Gasteiger partial charge in [-0.1, -0.05) is 103 Å². The van der Waals surface area contributed by atoms with E-state index < -0.39 is 0 Å². The predicted octanol–water partition coefficient (Wildman–Crippen LogP) is 8.57. The van der Waals surface area contributed by atoms with E-state index in [-0.39, 0.29) is 0 Å². The molecule has 0 radical (unpaired) electrons. The van der Waals surface area contributed by atoms with Crippen molar-refractivity contribution in [3.05, 3.63) is 151 Å². The molecule has 0 aliphatic heterocycles. The zero-order valence-electron chi connectivity index (χ0n) is 23.2. The van der Waals surface area contributed by atoms with Gasteiger partial charge >= 0.3 is 0 Å². The van der Waals surface area contributed by atoms with Crippen LogP contribution in [0.1, 0.15) is 11.3 Å². The van der Waals surface area contributed by atoms with Gasteiger partial charge in [0.15, 0.2) is 17.5 Å². The molecule has 0 N–H and O–H groups in total. The Morgan fingerprint density at radius 2 is 0.953 bits per heavy atom. The Kier molecular flexibility index (Phi) is 6.12. The van der Waals surface area contributed by atoms with Gasteiger partial charge in [-0.25, -0.2) is 15.0 Å². The molecule has 1 aliphatic rings. The van der Waals surface area contributed by atoms with Crippen LogP contribution in [0.4, 0.5) is 0 Å².